The number of amides is 1. The molecule has 2 aromatic rings. The molecule has 3 rings (SSSR count). The van der Waals surface area contributed by atoms with Crippen molar-refractivity contribution in [1.82, 2.24) is 10.2 Å². The fraction of sp³-hybridized carbons (Fsp3) is 0.381. The molecule has 3 nitrogen and oxygen atoms in total. The van der Waals surface area contributed by atoms with Crippen LogP contribution in [0.25, 0.3) is 0 Å². The normalized spacial score (nSPS) is 18.6. The lowest BCUT2D eigenvalue weighted by Crippen LogP contribution is -2.28. The summed E-state index contributed by atoms with van der Waals surface area (Å²) in [6.45, 7) is 1.83. The van der Waals surface area contributed by atoms with Crippen molar-refractivity contribution in [2.45, 2.75) is 38.3 Å². The molecular weight excluding hydrogens is 315 g/mol. The third-order valence-corrected chi connectivity index (χ3v) is 4.93. The Morgan fingerprint density at radius 1 is 1.16 bits per heavy atom. The summed E-state index contributed by atoms with van der Waals surface area (Å²) >= 11 is 0. The highest BCUT2D eigenvalue weighted by molar-refractivity contribution is 5.93. The third kappa shape index (κ3) is 4.45. The molecule has 25 heavy (non-hydrogen) atoms. The largest absolute Gasteiger partial charge is 0.355 e. The van der Waals surface area contributed by atoms with E-state index in [9.17, 15) is 9.18 Å². The molecule has 4 heteroatoms. The molecule has 0 saturated carbocycles. The van der Waals surface area contributed by atoms with Crippen LogP contribution in [-0.4, -0.2) is 24.4 Å². The maximum atomic E-state index is 13.7. The van der Waals surface area contributed by atoms with Gasteiger partial charge in [-0.1, -0.05) is 37.1 Å². The first kappa shape index (κ1) is 17.6. The van der Waals surface area contributed by atoms with E-state index < -0.39 is 0 Å². The Bertz CT molecular complexity index is 714. The minimum Gasteiger partial charge on any atom is -0.355 e. The number of hydrogen-bond acceptors (Lipinski definition) is 2. The molecule has 1 amide bonds. The van der Waals surface area contributed by atoms with Gasteiger partial charge in [0.15, 0.2) is 0 Å². The van der Waals surface area contributed by atoms with Crippen molar-refractivity contribution in [2.24, 2.45) is 0 Å². The number of hydrogen-bond donors (Lipinski definition) is 1. The topological polar surface area (TPSA) is 32.3 Å². The van der Waals surface area contributed by atoms with Gasteiger partial charge in [0.25, 0.3) is 5.91 Å². The summed E-state index contributed by atoms with van der Waals surface area (Å²) in [5.41, 5.74) is 2.91. The predicted molar refractivity (Wildman–Crippen MR) is 97.9 cm³/mol. The van der Waals surface area contributed by atoms with Gasteiger partial charge in [-0.25, -0.2) is 4.39 Å². The minimum absolute atomic E-state index is 0.0704. The standard InChI is InChI=1S/C21H25FN2O/c1-23-21(25)17-11-9-16(10-12-17)15-24-13-4-2-3-8-20(24)18-6-5-7-19(22)14-18/h5-7,9-12,14,20H,2-4,8,13,15H2,1H3,(H,23,25)/t20-/m0/s1. The van der Waals surface area contributed by atoms with Gasteiger partial charge in [-0.05, 0) is 54.8 Å². The fourth-order valence-electron chi connectivity index (χ4n) is 3.59. The molecular formula is C21H25FN2O. The molecule has 0 unspecified atom stereocenters. The van der Waals surface area contributed by atoms with Crippen molar-refractivity contribution < 1.29 is 9.18 Å². The van der Waals surface area contributed by atoms with Crippen LogP contribution in [0.3, 0.4) is 0 Å². The van der Waals surface area contributed by atoms with Gasteiger partial charge in [-0.15, -0.1) is 0 Å². The number of benzene rings is 2. The van der Waals surface area contributed by atoms with E-state index in [1.54, 1.807) is 19.2 Å². The summed E-state index contributed by atoms with van der Waals surface area (Å²) in [6.07, 6.45) is 4.62. The van der Waals surface area contributed by atoms with Crippen molar-refractivity contribution in [3.63, 3.8) is 0 Å². The molecule has 0 aliphatic carbocycles. The maximum absolute atomic E-state index is 13.7. The number of rotatable bonds is 4. The Kier molecular flexibility index (Phi) is 5.82. The molecule has 1 N–H and O–H groups in total. The Balaban J connectivity index is 1.78. The Hall–Kier alpha value is -2.20. The molecule has 1 heterocycles. The molecule has 1 aliphatic heterocycles. The number of carbonyl (C=O) groups excluding carboxylic acids is 1. The highest BCUT2D eigenvalue weighted by Gasteiger charge is 2.23. The molecule has 0 spiro atoms. The Morgan fingerprint density at radius 3 is 2.68 bits per heavy atom. The van der Waals surface area contributed by atoms with E-state index >= 15 is 0 Å². The van der Waals surface area contributed by atoms with Crippen LogP contribution in [0.1, 0.15) is 53.2 Å². The highest BCUT2D eigenvalue weighted by Crippen LogP contribution is 2.31. The summed E-state index contributed by atoms with van der Waals surface area (Å²) in [5, 5.41) is 2.64. The van der Waals surface area contributed by atoms with Gasteiger partial charge in [-0.2, -0.15) is 0 Å². The SMILES string of the molecule is CNC(=O)c1ccc(CN2CCCCC[C@H]2c2cccc(F)c2)cc1. The lowest BCUT2D eigenvalue weighted by molar-refractivity contribution is 0.0963. The number of nitrogens with zero attached hydrogens (tertiary/aromatic N) is 1. The van der Waals surface area contributed by atoms with E-state index in [0.29, 0.717) is 5.56 Å². The molecule has 2 aromatic carbocycles. The van der Waals surface area contributed by atoms with Crippen molar-refractivity contribution in [1.29, 1.82) is 0 Å². The van der Waals surface area contributed by atoms with Crippen LogP contribution in [0.4, 0.5) is 4.39 Å². The van der Waals surface area contributed by atoms with E-state index in [1.807, 2.05) is 30.3 Å². The lowest BCUT2D eigenvalue weighted by Gasteiger charge is -2.30. The molecule has 1 fully saturated rings. The second kappa shape index (κ2) is 8.26. The maximum Gasteiger partial charge on any atom is 0.251 e. The van der Waals surface area contributed by atoms with Gasteiger partial charge in [0.05, 0.1) is 0 Å². The van der Waals surface area contributed by atoms with E-state index in [-0.39, 0.29) is 17.8 Å². The summed E-state index contributed by atoms with van der Waals surface area (Å²) in [7, 11) is 1.64. The molecule has 1 atom stereocenters. The number of nitrogens with one attached hydrogen (secondary N) is 1. The Morgan fingerprint density at radius 2 is 1.96 bits per heavy atom. The summed E-state index contributed by atoms with van der Waals surface area (Å²) in [5.74, 6) is -0.240. The van der Waals surface area contributed by atoms with E-state index in [1.165, 1.54) is 30.9 Å². The van der Waals surface area contributed by atoms with Gasteiger partial charge < -0.3 is 5.32 Å². The van der Waals surface area contributed by atoms with Crippen LogP contribution in [0, 0.1) is 5.82 Å². The molecule has 1 saturated heterocycles. The number of likely N-dealkylation sites (tertiary alicyclic amines) is 1. The van der Waals surface area contributed by atoms with Crippen molar-refractivity contribution in [2.75, 3.05) is 13.6 Å². The van der Waals surface area contributed by atoms with Gasteiger partial charge >= 0.3 is 0 Å². The molecule has 132 valence electrons. The summed E-state index contributed by atoms with van der Waals surface area (Å²) in [6, 6.07) is 15.0. The van der Waals surface area contributed by atoms with E-state index in [2.05, 4.69) is 10.2 Å². The molecule has 1 aliphatic rings. The zero-order chi connectivity index (χ0) is 17.6. The van der Waals surface area contributed by atoms with E-state index in [0.717, 1.165) is 25.1 Å². The van der Waals surface area contributed by atoms with Crippen LogP contribution in [0.5, 0.6) is 0 Å². The smallest absolute Gasteiger partial charge is 0.251 e. The molecule has 0 aromatic heterocycles. The Labute approximate surface area is 148 Å². The van der Waals surface area contributed by atoms with Gasteiger partial charge in [0.2, 0.25) is 0 Å². The van der Waals surface area contributed by atoms with Gasteiger partial charge in [-0.3, -0.25) is 9.69 Å². The van der Waals surface area contributed by atoms with Crippen LogP contribution < -0.4 is 5.32 Å². The molecule has 0 bridgehead atoms. The minimum atomic E-state index is -0.170. The van der Waals surface area contributed by atoms with Gasteiger partial charge in [0.1, 0.15) is 5.82 Å². The zero-order valence-corrected chi connectivity index (χ0v) is 14.7. The fourth-order valence-corrected chi connectivity index (χ4v) is 3.59. The second-order valence-corrected chi connectivity index (χ2v) is 6.67. The quantitative estimate of drug-likeness (QED) is 0.900. The highest BCUT2D eigenvalue weighted by atomic mass is 19.1. The van der Waals surface area contributed by atoms with Crippen LogP contribution >= 0.6 is 0 Å². The predicted octanol–water partition coefficient (Wildman–Crippen LogP) is 4.30. The van der Waals surface area contributed by atoms with Crippen LogP contribution in [0.2, 0.25) is 0 Å². The van der Waals surface area contributed by atoms with Crippen LogP contribution in [-0.2, 0) is 6.54 Å². The van der Waals surface area contributed by atoms with Crippen molar-refractivity contribution >= 4 is 5.91 Å². The lowest BCUT2D eigenvalue weighted by atomic mass is 10.00. The summed E-state index contributed by atoms with van der Waals surface area (Å²) in [4.78, 5) is 14.1. The monoisotopic (exact) mass is 340 g/mol. The van der Waals surface area contributed by atoms with Gasteiger partial charge in [0, 0.05) is 25.2 Å². The molecule has 0 radical (unpaired) electrons. The first-order chi connectivity index (χ1) is 12.2. The van der Waals surface area contributed by atoms with E-state index in [4.69, 9.17) is 0 Å². The third-order valence-electron chi connectivity index (χ3n) is 4.93. The van der Waals surface area contributed by atoms with Crippen LogP contribution in [0.15, 0.2) is 48.5 Å². The first-order valence-corrected chi connectivity index (χ1v) is 8.98. The first-order valence-electron chi connectivity index (χ1n) is 8.98. The second-order valence-electron chi connectivity index (χ2n) is 6.67. The average molecular weight is 340 g/mol. The summed E-state index contributed by atoms with van der Waals surface area (Å²) < 4.78 is 13.7. The van der Waals surface area contributed by atoms with Crippen molar-refractivity contribution in [3.8, 4) is 0 Å². The average Bonchev–Trinajstić information content (AvgIpc) is 2.87. The number of halogens is 1. The number of carbonyl (C=O) groups is 1. The zero-order valence-electron chi connectivity index (χ0n) is 14.7. The van der Waals surface area contributed by atoms with Crippen molar-refractivity contribution in [3.05, 3.63) is 71.0 Å².